The third-order valence-corrected chi connectivity index (χ3v) is 7.81. The number of carbonyl (C=O) groups excluding carboxylic acids is 3. The normalized spacial score (nSPS) is 10.9. The van der Waals surface area contributed by atoms with Crippen molar-refractivity contribution in [2.45, 2.75) is 4.90 Å². The predicted molar refractivity (Wildman–Crippen MR) is 183 cm³/mol. The highest BCUT2D eigenvalue weighted by Crippen LogP contribution is 2.25. The fraction of sp³-hybridized carbons (Fsp3) is 0.0278. The molecule has 0 atom stereocenters. The SMILES string of the molecule is O=C(CSc1cccc(NC(=O)/C(=C/c2ccc(Br)cc2)NC(=O)c2ccccc2)c1)Nc1ccc(Oc2ccccc2)cc1. The molecule has 45 heavy (non-hydrogen) atoms. The van der Waals surface area contributed by atoms with E-state index in [1.54, 1.807) is 72.8 Å². The van der Waals surface area contributed by atoms with Crippen LogP contribution in [0.4, 0.5) is 11.4 Å². The first kappa shape index (κ1) is 31.3. The lowest BCUT2D eigenvalue weighted by Crippen LogP contribution is -2.30. The summed E-state index contributed by atoms with van der Waals surface area (Å²) in [5.74, 6) is 0.514. The molecule has 0 radical (unpaired) electrons. The predicted octanol–water partition coefficient (Wildman–Crippen LogP) is 8.38. The number of hydrogen-bond donors (Lipinski definition) is 3. The number of hydrogen-bond acceptors (Lipinski definition) is 5. The van der Waals surface area contributed by atoms with Crippen LogP contribution in [0.25, 0.3) is 6.08 Å². The molecule has 0 heterocycles. The van der Waals surface area contributed by atoms with Gasteiger partial charge in [-0.2, -0.15) is 0 Å². The van der Waals surface area contributed by atoms with Gasteiger partial charge in [-0.15, -0.1) is 11.8 Å². The van der Waals surface area contributed by atoms with E-state index in [2.05, 4.69) is 31.9 Å². The minimum Gasteiger partial charge on any atom is -0.457 e. The van der Waals surface area contributed by atoms with E-state index in [4.69, 9.17) is 4.74 Å². The van der Waals surface area contributed by atoms with Gasteiger partial charge in [-0.1, -0.05) is 70.5 Å². The quantitative estimate of drug-likeness (QED) is 0.0964. The van der Waals surface area contributed by atoms with Crippen LogP contribution < -0.4 is 20.7 Å². The topological polar surface area (TPSA) is 96.5 Å². The van der Waals surface area contributed by atoms with E-state index >= 15 is 0 Å². The second-order valence-electron chi connectivity index (χ2n) is 9.69. The molecule has 7 nitrogen and oxygen atoms in total. The molecule has 9 heteroatoms. The fourth-order valence-corrected chi connectivity index (χ4v) is 5.13. The van der Waals surface area contributed by atoms with Crippen LogP contribution in [-0.2, 0) is 9.59 Å². The fourth-order valence-electron chi connectivity index (χ4n) is 4.11. The maximum absolute atomic E-state index is 13.4. The molecule has 0 aliphatic heterocycles. The second-order valence-corrected chi connectivity index (χ2v) is 11.7. The van der Waals surface area contributed by atoms with Crippen molar-refractivity contribution >= 4 is 62.9 Å². The lowest BCUT2D eigenvalue weighted by atomic mass is 10.1. The van der Waals surface area contributed by atoms with E-state index in [0.29, 0.717) is 22.7 Å². The lowest BCUT2D eigenvalue weighted by molar-refractivity contribution is -0.114. The Morgan fingerprint density at radius 1 is 0.689 bits per heavy atom. The van der Waals surface area contributed by atoms with Gasteiger partial charge in [-0.05, 0) is 90.5 Å². The van der Waals surface area contributed by atoms with Crippen molar-refractivity contribution < 1.29 is 19.1 Å². The Labute approximate surface area is 273 Å². The van der Waals surface area contributed by atoms with Crippen molar-refractivity contribution in [3.8, 4) is 11.5 Å². The largest absolute Gasteiger partial charge is 0.457 e. The van der Waals surface area contributed by atoms with Crippen molar-refractivity contribution in [1.82, 2.24) is 5.32 Å². The number of amides is 3. The van der Waals surface area contributed by atoms with Crippen molar-refractivity contribution in [3.05, 3.63) is 155 Å². The van der Waals surface area contributed by atoms with Crippen molar-refractivity contribution in [2.24, 2.45) is 0 Å². The monoisotopic (exact) mass is 677 g/mol. The van der Waals surface area contributed by atoms with E-state index in [0.717, 1.165) is 20.7 Å². The van der Waals surface area contributed by atoms with Crippen LogP contribution in [-0.4, -0.2) is 23.5 Å². The highest BCUT2D eigenvalue weighted by Gasteiger charge is 2.15. The van der Waals surface area contributed by atoms with Gasteiger partial charge in [0.25, 0.3) is 11.8 Å². The molecule has 0 bridgehead atoms. The second kappa shape index (κ2) is 15.6. The van der Waals surface area contributed by atoms with Gasteiger partial charge in [0, 0.05) is 26.3 Å². The van der Waals surface area contributed by atoms with Crippen LogP contribution in [0.3, 0.4) is 0 Å². The zero-order valence-corrected chi connectivity index (χ0v) is 26.3. The first-order valence-electron chi connectivity index (χ1n) is 13.9. The Morgan fingerprint density at radius 2 is 1.36 bits per heavy atom. The summed E-state index contributed by atoms with van der Waals surface area (Å²) < 4.78 is 6.69. The summed E-state index contributed by atoms with van der Waals surface area (Å²) in [7, 11) is 0. The zero-order valence-electron chi connectivity index (χ0n) is 23.9. The molecule has 0 saturated heterocycles. The van der Waals surface area contributed by atoms with Gasteiger partial charge in [0.2, 0.25) is 5.91 Å². The van der Waals surface area contributed by atoms with Crippen molar-refractivity contribution in [3.63, 3.8) is 0 Å². The summed E-state index contributed by atoms with van der Waals surface area (Å²) in [6.45, 7) is 0. The summed E-state index contributed by atoms with van der Waals surface area (Å²) in [5.41, 5.74) is 2.44. The molecule has 0 unspecified atom stereocenters. The first-order chi connectivity index (χ1) is 21.9. The van der Waals surface area contributed by atoms with Gasteiger partial charge in [-0.25, -0.2) is 0 Å². The minimum absolute atomic E-state index is 0.0868. The number of benzene rings is 5. The van der Waals surface area contributed by atoms with Crippen LogP contribution in [0.2, 0.25) is 0 Å². The van der Waals surface area contributed by atoms with Gasteiger partial charge >= 0.3 is 0 Å². The number of nitrogens with one attached hydrogen (secondary N) is 3. The van der Waals surface area contributed by atoms with Crippen LogP contribution in [0.1, 0.15) is 15.9 Å². The van der Waals surface area contributed by atoms with Crippen molar-refractivity contribution in [2.75, 3.05) is 16.4 Å². The number of halogens is 1. The molecule has 224 valence electrons. The molecular weight excluding hydrogens is 650 g/mol. The smallest absolute Gasteiger partial charge is 0.272 e. The molecule has 5 aromatic rings. The maximum atomic E-state index is 13.4. The standard InChI is InChI=1S/C36H28BrN3O4S/c37-27-16-14-25(15-17-27)22-33(40-35(42)26-8-3-1-4-9-26)36(43)39-29-10-7-13-32(23-29)45-24-34(41)38-28-18-20-31(21-19-28)44-30-11-5-2-6-12-30/h1-23H,24H2,(H,38,41)(H,39,43)(H,40,42)/b33-22-. The summed E-state index contributed by atoms with van der Waals surface area (Å²) in [4.78, 5) is 39.7. The molecular formula is C36H28BrN3O4S. The Balaban J connectivity index is 1.19. The number of thioether (sulfide) groups is 1. The lowest BCUT2D eigenvalue weighted by Gasteiger charge is -2.12. The molecule has 0 saturated carbocycles. The molecule has 3 N–H and O–H groups in total. The zero-order chi connectivity index (χ0) is 31.4. The molecule has 0 aromatic heterocycles. The van der Waals surface area contributed by atoms with Crippen LogP contribution in [0.5, 0.6) is 11.5 Å². The Morgan fingerprint density at radius 3 is 2.07 bits per heavy atom. The summed E-state index contributed by atoms with van der Waals surface area (Å²) in [6.07, 6.45) is 1.62. The molecule has 0 aliphatic carbocycles. The third-order valence-electron chi connectivity index (χ3n) is 6.29. The van der Waals surface area contributed by atoms with E-state index in [-0.39, 0.29) is 17.4 Å². The van der Waals surface area contributed by atoms with Gasteiger partial charge < -0.3 is 20.7 Å². The molecule has 0 fully saturated rings. The van der Waals surface area contributed by atoms with Crippen LogP contribution in [0.15, 0.2) is 149 Å². The van der Waals surface area contributed by atoms with Crippen LogP contribution >= 0.6 is 27.7 Å². The highest BCUT2D eigenvalue weighted by atomic mass is 79.9. The molecule has 3 amide bonds. The number of rotatable bonds is 11. The van der Waals surface area contributed by atoms with E-state index in [1.807, 2.05) is 66.7 Å². The van der Waals surface area contributed by atoms with Crippen molar-refractivity contribution in [1.29, 1.82) is 0 Å². The number of anilines is 2. The number of ether oxygens (including phenoxy) is 1. The van der Waals surface area contributed by atoms with Gasteiger partial charge in [-0.3, -0.25) is 14.4 Å². The Bertz CT molecular complexity index is 1800. The number of carbonyl (C=O) groups is 3. The van der Waals surface area contributed by atoms with E-state index < -0.39 is 11.8 Å². The highest BCUT2D eigenvalue weighted by molar-refractivity contribution is 9.10. The van der Waals surface area contributed by atoms with Gasteiger partial charge in [0.15, 0.2) is 0 Å². The van der Waals surface area contributed by atoms with Gasteiger partial charge in [0.1, 0.15) is 17.2 Å². The molecule has 0 aliphatic rings. The maximum Gasteiger partial charge on any atom is 0.272 e. The number of para-hydroxylation sites is 1. The Hall–Kier alpha value is -5.12. The van der Waals surface area contributed by atoms with Crippen LogP contribution in [0, 0.1) is 0 Å². The summed E-state index contributed by atoms with van der Waals surface area (Å²) >= 11 is 4.75. The Kier molecular flexibility index (Phi) is 10.8. The van der Waals surface area contributed by atoms with E-state index in [9.17, 15) is 14.4 Å². The molecule has 5 rings (SSSR count). The molecule has 0 spiro atoms. The molecule has 5 aromatic carbocycles. The minimum atomic E-state index is -0.484. The third kappa shape index (κ3) is 9.69. The summed E-state index contributed by atoms with van der Waals surface area (Å²) in [5, 5.41) is 8.49. The average Bonchev–Trinajstić information content (AvgIpc) is 3.06. The summed E-state index contributed by atoms with van der Waals surface area (Å²) in [6, 6.07) is 39.9. The van der Waals surface area contributed by atoms with E-state index in [1.165, 1.54) is 11.8 Å². The van der Waals surface area contributed by atoms with Gasteiger partial charge in [0.05, 0.1) is 5.75 Å². The average molecular weight is 679 g/mol. The first-order valence-corrected chi connectivity index (χ1v) is 15.7.